The van der Waals surface area contributed by atoms with E-state index in [2.05, 4.69) is 5.32 Å². The third-order valence-electron chi connectivity index (χ3n) is 3.82. The second-order valence-electron chi connectivity index (χ2n) is 5.43. The van der Waals surface area contributed by atoms with Crippen LogP contribution in [0.3, 0.4) is 0 Å². The predicted molar refractivity (Wildman–Crippen MR) is 93.7 cm³/mol. The van der Waals surface area contributed by atoms with Gasteiger partial charge in [0.2, 0.25) is 0 Å². The first-order valence-corrected chi connectivity index (χ1v) is 8.97. The van der Waals surface area contributed by atoms with Gasteiger partial charge >= 0.3 is 0 Å². The molecule has 0 unspecified atom stereocenters. The van der Waals surface area contributed by atoms with Gasteiger partial charge in [0.25, 0.3) is 0 Å². The number of para-hydroxylation sites is 2. The molecule has 5 nitrogen and oxygen atoms in total. The van der Waals surface area contributed by atoms with E-state index in [0.717, 1.165) is 22.5 Å². The molecule has 0 atom stereocenters. The van der Waals surface area contributed by atoms with Crippen molar-refractivity contribution in [1.29, 1.82) is 0 Å². The van der Waals surface area contributed by atoms with Gasteiger partial charge in [-0.3, -0.25) is 13.4 Å². The molecule has 130 valence electrons. The van der Waals surface area contributed by atoms with E-state index in [1.807, 2.05) is 7.05 Å². The van der Waals surface area contributed by atoms with Crippen LogP contribution >= 0.6 is 11.0 Å². The van der Waals surface area contributed by atoms with Crippen LogP contribution < -0.4 is 13.9 Å². The van der Waals surface area contributed by atoms with Crippen molar-refractivity contribution < 1.29 is 17.9 Å². The smallest absolute Gasteiger partial charge is 0.148 e. The maximum atomic E-state index is 14.2. The number of fused-ring (bicyclic) bond motifs is 1. The summed E-state index contributed by atoms with van der Waals surface area (Å²) in [6.45, 7) is 1.07. The Labute approximate surface area is 141 Å². The Kier molecular flexibility index (Phi) is 4.64. The fraction of sp³-hybridized carbons (Fsp3) is 0.250. The number of hydrogen-bond donors (Lipinski definition) is 3. The molecule has 0 radical (unpaired) electrons. The molecule has 24 heavy (non-hydrogen) atoms. The van der Waals surface area contributed by atoms with Gasteiger partial charge in [-0.05, 0) is 55.2 Å². The van der Waals surface area contributed by atoms with Crippen molar-refractivity contribution in [1.82, 2.24) is 5.32 Å². The van der Waals surface area contributed by atoms with E-state index in [1.165, 1.54) is 4.31 Å². The molecule has 0 saturated heterocycles. The van der Waals surface area contributed by atoms with Gasteiger partial charge in [0.1, 0.15) is 17.3 Å². The van der Waals surface area contributed by atoms with Gasteiger partial charge < -0.3 is 5.32 Å². The monoisotopic (exact) mass is 355 g/mol. The van der Waals surface area contributed by atoms with Gasteiger partial charge in [-0.1, -0.05) is 12.1 Å². The Morgan fingerprint density at radius 1 is 1.04 bits per heavy atom. The zero-order valence-electron chi connectivity index (χ0n) is 13.1. The standard InChI is InChI=1S/C16H19F2N3O2S/c1-19-9-4-10-20-14-5-2-3-6-15(14)21(24(20,22)23)16-11-12(17)7-8-13(16)18/h2-3,5-8,11,19,22-23H,4,9-10H2,1H3. The van der Waals surface area contributed by atoms with Crippen molar-refractivity contribution in [2.75, 3.05) is 28.7 Å². The first-order chi connectivity index (χ1) is 11.5. The summed E-state index contributed by atoms with van der Waals surface area (Å²) in [4.78, 5) is 0. The average Bonchev–Trinajstić information content (AvgIpc) is 2.77. The number of rotatable bonds is 5. The summed E-state index contributed by atoms with van der Waals surface area (Å²) in [5.74, 6) is -1.36. The molecule has 0 aliphatic carbocycles. The first kappa shape index (κ1) is 17.0. The topological polar surface area (TPSA) is 59.0 Å². The van der Waals surface area contributed by atoms with E-state index in [4.69, 9.17) is 0 Å². The summed E-state index contributed by atoms with van der Waals surface area (Å²) in [6, 6.07) is 9.83. The highest BCUT2D eigenvalue weighted by Crippen LogP contribution is 2.64. The SMILES string of the molecule is CNCCCN1c2ccccc2N(c2cc(F)ccc2F)S1(O)O. The average molecular weight is 355 g/mol. The summed E-state index contributed by atoms with van der Waals surface area (Å²) in [6.07, 6.45) is 0.667. The minimum absolute atomic E-state index is 0.196. The summed E-state index contributed by atoms with van der Waals surface area (Å²) in [5, 5.41) is 3.00. The normalized spacial score (nSPS) is 17.0. The van der Waals surface area contributed by atoms with Crippen LogP contribution in [0.4, 0.5) is 25.8 Å². The zero-order valence-corrected chi connectivity index (χ0v) is 13.9. The molecule has 1 aliphatic rings. The lowest BCUT2D eigenvalue weighted by molar-refractivity contribution is 0.482. The number of halogens is 2. The second-order valence-corrected chi connectivity index (χ2v) is 7.21. The Hall–Kier alpha value is -1.87. The Balaban J connectivity index is 2.08. The highest BCUT2D eigenvalue weighted by Gasteiger charge is 2.42. The van der Waals surface area contributed by atoms with Crippen LogP contribution in [0.25, 0.3) is 0 Å². The van der Waals surface area contributed by atoms with Crippen LogP contribution in [-0.4, -0.2) is 29.2 Å². The minimum Gasteiger partial charge on any atom is -0.320 e. The maximum absolute atomic E-state index is 14.2. The molecule has 3 rings (SSSR count). The van der Waals surface area contributed by atoms with E-state index >= 15 is 0 Å². The van der Waals surface area contributed by atoms with E-state index in [0.29, 0.717) is 30.9 Å². The lowest BCUT2D eigenvalue weighted by Crippen LogP contribution is -2.33. The van der Waals surface area contributed by atoms with Crippen molar-refractivity contribution in [2.45, 2.75) is 6.42 Å². The quantitative estimate of drug-likeness (QED) is 0.705. The molecule has 0 amide bonds. The van der Waals surface area contributed by atoms with E-state index < -0.39 is 22.6 Å². The summed E-state index contributed by atoms with van der Waals surface area (Å²) in [7, 11) is -1.72. The molecule has 1 heterocycles. The largest absolute Gasteiger partial charge is 0.320 e. The predicted octanol–water partition coefficient (Wildman–Crippen LogP) is 4.11. The van der Waals surface area contributed by atoms with Crippen molar-refractivity contribution in [2.24, 2.45) is 0 Å². The zero-order chi connectivity index (χ0) is 17.3. The van der Waals surface area contributed by atoms with Gasteiger partial charge in [-0.25, -0.2) is 13.1 Å². The molecular formula is C16H19F2N3O2S. The van der Waals surface area contributed by atoms with E-state index in [-0.39, 0.29) is 5.69 Å². The highest BCUT2D eigenvalue weighted by atomic mass is 32.3. The highest BCUT2D eigenvalue weighted by molar-refractivity contribution is 8.27. The van der Waals surface area contributed by atoms with Crippen molar-refractivity contribution in [3.05, 3.63) is 54.1 Å². The van der Waals surface area contributed by atoms with Crippen LogP contribution in [0.2, 0.25) is 0 Å². The Morgan fingerprint density at radius 2 is 1.75 bits per heavy atom. The summed E-state index contributed by atoms with van der Waals surface area (Å²) >= 11 is 0. The molecule has 1 aliphatic heterocycles. The van der Waals surface area contributed by atoms with Crippen LogP contribution in [-0.2, 0) is 0 Å². The molecule has 2 aromatic rings. The first-order valence-electron chi connectivity index (χ1n) is 7.51. The maximum Gasteiger partial charge on any atom is 0.148 e. The third kappa shape index (κ3) is 2.82. The summed E-state index contributed by atoms with van der Waals surface area (Å²) < 4.78 is 52.0. The van der Waals surface area contributed by atoms with Gasteiger partial charge in [0.15, 0.2) is 0 Å². The van der Waals surface area contributed by atoms with E-state index in [9.17, 15) is 17.9 Å². The van der Waals surface area contributed by atoms with Crippen molar-refractivity contribution in [3.8, 4) is 0 Å². The number of nitrogens with zero attached hydrogens (tertiary/aromatic N) is 2. The number of anilines is 3. The molecule has 0 aromatic heterocycles. The number of benzene rings is 2. The number of nitrogens with one attached hydrogen (secondary N) is 1. The molecule has 0 fully saturated rings. The fourth-order valence-electron chi connectivity index (χ4n) is 2.75. The molecule has 3 N–H and O–H groups in total. The summed E-state index contributed by atoms with van der Waals surface area (Å²) in [5.41, 5.74) is 0.822. The van der Waals surface area contributed by atoms with Gasteiger partial charge in [0, 0.05) is 12.6 Å². The van der Waals surface area contributed by atoms with E-state index in [1.54, 1.807) is 24.3 Å². The lowest BCUT2D eigenvalue weighted by atomic mass is 10.2. The van der Waals surface area contributed by atoms with Crippen LogP contribution in [0.15, 0.2) is 42.5 Å². The van der Waals surface area contributed by atoms with Gasteiger partial charge in [-0.15, -0.1) is 0 Å². The van der Waals surface area contributed by atoms with Crippen molar-refractivity contribution >= 4 is 28.0 Å². The van der Waals surface area contributed by atoms with Gasteiger partial charge in [0.05, 0.1) is 11.4 Å². The minimum atomic E-state index is -3.53. The van der Waals surface area contributed by atoms with Crippen molar-refractivity contribution in [3.63, 3.8) is 0 Å². The fourth-order valence-corrected chi connectivity index (χ4v) is 4.57. The Morgan fingerprint density at radius 3 is 2.46 bits per heavy atom. The third-order valence-corrected chi connectivity index (χ3v) is 5.68. The number of hydrogen-bond acceptors (Lipinski definition) is 5. The molecule has 2 aromatic carbocycles. The Bertz CT molecular complexity index is 745. The molecule has 0 saturated carbocycles. The lowest BCUT2D eigenvalue weighted by Gasteiger charge is -2.43. The van der Waals surface area contributed by atoms with Crippen LogP contribution in [0.5, 0.6) is 0 Å². The van der Waals surface area contributed by atoms with Gasteiger partial charge in [-0.2, -0.15) is 0 Å². The molecular weight excluding hydrogens is 336 g/mol. The molecule has 0 bridgehead atoms. The molecule has 8 heteroatoms. The van der Waals surface area contributed by atoms with Crippen LogP contribution in [0.1, 0.15) is 6.42 Å². The molecule has 0 spiro atoms. The van der Waals surface area contributed by atoms with Crippen LogP contribution in [0, 0.1) is 11.6 Å². The second kappa shape index (κ2) is 6.56.